The number of terminal acetylenes is 1. The summed E-state index contributed by atoms with van der Waals surface area (Å²) in [4.78, 5) is 25.1. The highest BCUT2D eigenvalue weighted by Crippen LogP contribution is 2.42. The summed E-state index contributed by atoms with van der Waals surface area (Å²) in [5.41, 5.74) is 4.71. The van der Waals surface area contributed by atoms with Crippen LogP contribution < -0.4 is 5.32 Å². The van der Waals surface area contributed by atoms with Gasteiger partial charge in [0.15, 0.2) is 0 Å². The molecule has 1 aliphatic rings. The van der Waals surface area contributed by atoms with E-state index >= 15 is 0 Å². The molecule has 2 aromatic carbocycles. The molecule has 3 nitrogen and oxygen atoms in total. The summed E-state index contributed by atoms with van der Waals surface area (Å²) in [5.74, 6) is 2.15. The summed E-state index contributed by atoms with van der Waals surface area (Å²) < 4.78 is 0. The van der Waals surface area contributed by atoms with E-state index in [1.54, 1.807) is 6.92 Å². The summed E-state index contributed by atoms with van der Waals surface area (Å²) in [6.45, 7) is 7.49. The van der Waals surface area contributed by atoms with Crippen molar-refractivity contribution >= 4 is 11.6 Å². The largest absolute Gasteiger partial charge is 0.309 e. The van der Waals surface area contributed by atoms with Crippen LogP contribution >= 0.6 is 0 Å². The molecule has 0 aromatic heterocycles. The number of carbonyl (C=O) groups is 2. The highest BCUT2D eigenvalue weighted by atomic mass is 16.2. The molecule has 3 heteroatoms. The van der Waals surface area contributed by atoms with Gasteiger partial charge in [0.1, 0.15) is 17.0 Å². The SMILES string of the molecule is C#CC(c1ccc(CNCc2cc(C)cc(C)c2)cc1)C1(C)C(=O)CCCC1=O. The van der Waals surface area contributed by atoms with E-state index in [-0.39, 0.29) is 11.6 Å². The molecule has 0 aliphatic heterocycles. The Balaban J connectivity index is 1.68. The first-order valence-corrected chi connectivity index (χ1v) is 10.2. The van der Waals surface area contributed by atoms with Gasteiger partial charge in [0.25, 0.3) is 0 Å². The third-order valence-corrected chi connectivity index (χ3v) is 5.96. The number of hydrogen-bond acceptors (Lipinski definition) is 3. The van der Waals surface area contributed by atoms with Crippen LogP contribution in [0.15, 0.2) is 42.5 Å². The topological polar surface area (TPSA) is 46.2 Å². The van der Waals surface area contributed by atoms with Crippen molar-refractivity contribution in [3.63, 3.8) is 0 Å². The fourth-order valence-corrected chi connectivity index (χ4v) is 4.35. The summed E-state index contributed by atoms with van der Waals surface area (Å²) in [6, 6.07) is 14.5. The van der Waals surface area contributed by atoms with Crippen LogP contribution in [0.3, 0.4) is 0 Å². The Labute approximate surface area is 173 Å². The van der Waals surface area contributed by atoms with E-state index < -0.39 is 11.3 Å². The molecule has 3 rings (SSSR count). The standard InChI is InChI=1S/C26H29NO2/c1-5-23(26(4)24(28)7-6-8-25(26)29)22-11-9-20(10-12-22)16-27-17-21-14-18(2)13-19(3)15-21/h1,9-15,23,27H,6-8,16-17H2,2-4H3. The van der Waals surface area contributed by atoms with Gasteiger partial charge in [-0.1, -0.05) is 59.5 Å². The molecule has 29 heavy (non-hydrogen) atoms. The molecule has 0 radical (unpaired) electrons. The highest BCUT2D eigenvalue weighted by Gasteiger charge is 2.48. The monoisotopic (exact) mass is 387 g/mol. The Morgan fingerprint density at radius 1 is 0.966 bits per heavy atom. The second-order valence-corrected chi connectivity index (χ2v) is 8.34. The van der Waals surface area contributed by atoms with Gasteiger partial charge in [0.2, 0.25) is 0 Å². The van der Waals surface area contributed by atoms with E-state index in [1.165, 1.54) is 16.7 Å². The van der Waals surface area contributed by atoms with Gasteiger partial charge in [-0.2, -0.15) is 0 Å². The highest BCUT2D eigenvalue weighted by molar-refractivity contribution is 6.09. The third-order valence-electron chi connectivity index (χ3n) is 5.96. The Bertz CT molecular complexity index is 913. The third kappa shape index (κ3) is 4.49. The van der Waals surface area contributed by atoms with Crippen molar-refractivity contribution in [1.82, 2.24) is 5.32 Å². The molecule has 150 valence electrons. The second-order valence-electron chi connectivity index (χ2n) is 8.34. The van der Waals surface area contributed by atoms with Crippen molar-refractivity contribution < 1.29 is 9.59 Å². The fraction of sp³-hybridized carbons (Fsp3) is 0.385. The Morgan fingerprint density at radius 2 is 1.52 bits per heavy atom. The summed E-state index contributed by atoms with van der Waals surface area (Å²) in [5, 5.41) is 3.47. The smallest absolute Gasteiger partial charge is 0.147 e. The van der Waals surface area contributed by atoms with Crippen molar-refractivity contribution in [2.45, 2.75) is 59.0 Å². The zero-order chi connectivity index (χ0) is 21.0. The molecule has 0 bridgehead atoms. The normalized spacial score (nSPS) is 17.0. The lowest BCUT2D eigenvalue weighted by Gasteiger charge is -2.35. The lowest BCUT2D eigenvalue weighted by molar-refractivity contribution is -0.143. The average molecular weight is 388 g/mol. The number of nitrogens with one attached hydrogen (secondary N) is 1. The molecular formula is C26H29NO2. The summed E-state index contributed by atoms with van der Waals surface area (Å²) in [7, 11) is 0. The minimum atomic E-state index is -1.10. The van der Waals surface area contributed by atoms with E-state index in [4.69, 9.17) is 6.42 Å². The van der Waals surface area contributed by atoms with Crippen molar-refractivity contribution in [1.29, 1.82) is 0 Å². The maximum atomic E-state index is 12.6. The van der Waals surface area contributed by atoms with Crippen LogP contribution in [-0.4, -0.2) is 11.6 Å². The van der Waals surface area contributed by atoms with E-state index in [9.17, 15) is 9.59 Å². The number of ketones is 2. The zero-order valence-electron chi connectivity index (χ0n) is 17.5. The Kier molecular flexibility index (Phi) is 6.35. The van der Waals surface area contributed by atoms with Gasteiger partial charge in [-0.05, 0) is 43.9 Å². The maximum Gasteiger partial charge on any atom is 0.147 e. The van der Waals surface area contributed by atoms with Gasteiger partial charge in [0.05, 0.1) is 5.92 Å². The molecule has 0 spiro atoms. The van der Waals surface area contributed by atoms with Crippen molar-refractivity contribution in [2.24, 2.45) is 5.41 Å². The van der Waals surface area contributed by atoms with Gasteiger partial charge in [-0.15, -0.1) is 6.42 Å². The minimum Gasteiger partial charge on any atom is -0.309 e. The van der Waals surface area contributed by atoms with Gasteiger partial charge in [-0.3, -0.25) is 9.59 Å². The average Bonchev–Trinajstić information content (AvgIpc) is 2.67. The molecule has 1 atom stereocenters. The van der Waals surface area contributed by atoms with Crippen LogP contribution in [0, 0.1) is 31.6 Å². The molecule has 1 aliphatic carbocycles. The molecule has 1 N–H and O–H groups in total. The quantitative estimate of drug-likeness (QED) is 0.580. The van der Waals surface area contributed by atoms with E-state index in [1.807, 2.05) is 24.3 Å². The molecule has 1 unspecified atom stereocenters. The van der Waals surface area contributed by atoms with Crippen LogP contribution in [0.4, 0.5) is 0 Å². The van der Waals surface area contributed by atoms with E-state index in [0.29, 0.717) is 19.3 Å². The van der Waals surface area contributed by atoms with Crippen molar-refractivity contribution in [3.8, 4) is 12.3 Å². The van der Waals surface area contributed by atoms with Crippen LogP contribution in [0.2, 0.25) is 0 Å². The number of hydrogen-bond donors (Lipinski definition) is 1. The molecule has 0 saturated heterocycles. The van der Waals surface area contributed by atoms with E-state index in [2.05, 4.69) is 43.3 Å². The lowest BCUT2D eigenvalue weighted by Crippen LogP contribution is -2.44. The van der Waals surface area contributed by atoms with Crippen molar-refractivity contribution in [3.05, 3.63) is 70.3 Å². The summed E-state index contributed by atoms with van der Waals surface area (Å²) >= 11 is 0. The number of aryl methyl sites for hydroxylation is 2. The predicted octanol–water partition coefficient (Wildman–Crippen LogP) is 4.64. The molecule has 1 saturated carbocycles. The molecule has 0 amide bonds. The molecule has 1 fully saturated rings. The first kappa shape index (κ1) is 21.0. The summed E-state index contributed by atoms with van der Waals surface area (Å²) in [6.07, 6.45) is 7.28. The number of carbonyl (C=O) groups excluding carboxylic acids is 2. The first-order chi connectivity index (χ1) is 13.8. The maximum absolute atomic E-state index is 12.6. The Morgan fingerprint density at radius 3 is 2.07 bits per heavy atom. The zero-order valence-corrected chi connectivity index (χ0v) is 17.5. The van der Waals surface area contributed by atoms with Crippen LogP contribution in [0.1, 0.15) is 59.9 Å². The van der Waals surface area contributed by atoms with Crippen LogP contribution in [-0.2, 0) is 22.7 Å². The minimum absolute atomic E-state index is 0.0316. The molecule has 0 heterocycles. The van der Waals surface area contributed by atoms with Crippen LogP contribution in [0.5, 0.6) is 0 Å². The Hall–Kier alpha value is -2.70. The molecule has 2 aromatic rings. The lowest BCUT2D eigenvalue weighted by atomic mass is 9.63. The van der Waals surface area contributed by atoms with Crippen molar-refractivity contribution in [2.75, 3.05) is 0 Å². The number of rotatable bonds is 6. The molecular weight excluding hydrogens is 358 g/mol. The van der Waals surface area contributed by atoms with Gasteiger partial charge < -0.3 is 5.32 Å². The van der Waals surface area contributed by atoms with E-state index in [0.717, 1.165) is 24.2 Å². The van der Waals surface area contributed by atoms with Gasteiger partial charge >= 0.3 is 0 Å². The number of benzene rings is 2. The van der Waals surface area contributed by atoms with Crippen LogP contribution in [0.25, 0.3) is 0 Å². The van der Waals surface area contributed by atoms with Gasteiger partial charge in [-0.25, -0.2) is 0 Å². The second kappa shape index (κ2) is 8.76. The fourth-order valence-electron chi connectivity index (χ4n) is 4.35. The first-order valence-electron chi connectivity index (χ1n) is 10.2. The number of Topliss-reactive ketones (excluding diaryl/α,β-unsaturated/α-hetero) is 2. The van der Waals surface area contributed by atoms with Gasteiger partial charge in [0, 0.05) is 25.9 Å². The predicted molar refractivity (Wildman–Crippen MR) is 116 cm³/mol.